The third-order valence-electron chi connectivity index (χ3n) is 7.08. The first-order valence-corrected chi connectivity index (χ1v) is 12.3. The van der Waals surface area contributed by atoms with E-state index in [9.17, 15) is 19.2 Å². The van der Waals surface area contributed by atoms with Gasteiger partial charge in [-0.25, -0.2) is 0 Å². The number of aryl methyl sites for hydroxylation is 1. The molecule has 37 heavy (non-hydrogen) atoms. The number of amides is 4. The summed E-state index contributed by atoms with van der Waals surface area (Å²) in [6.45, 7) is 2.64. The van der Waals surface area contributed by atoms with E-state index in [2.05, 4.69) is 20.9 Å². The van der Waals surface area contributed by atoms with Gasteiger partial charge in [0, 0.05) is 48.4 Å². The lowest BCUT2D eigenvalue weighted by Gasteiger charge is -2.36. The number of piperidine rings is 1. The van der Waals surface area contributed by atoms with E-state index in [-0.39, 0.29) is 24.0 Å². The number of anilines is 1. The van der Waals surface area contributed by atoms with Crippen LogP contribution in [0.25, 0.3) is 5.57 Å². The van der Waals surface area contributed by atoms with Crippen LogP contribution in [0.3, 0.4) is 0 Å². The van der Waals surface area contributed by atoms with Crippen molar-refractivity contribution in [2.24, 2.45) is 5.92 Å². The Kier molecular flexibility index (Phi) is 6.56. The lowest BCUT2D eigenvalue weighted by molar-refractivity contribution is -0.136. The van der Waals surface area contributed by atoms with E-state index in [0.717, 1.165) is 46.9 Å². The van der Waals surface area contributed by atoms with Crippen molar-refractivity contribution < 1.29 is 19.2 Å². The molecule has 10 nitrogen and oxygen atoms in total. The van der Waals surface area contributed by atoms with Crippen LogP contribution < -0.4 is 16.0 Å². The number of nitrogens with zero attached hydrogens (tertiary/aromatic N) is 2. The van der Waals surface area contributed by atoms with Gasteiger partial charge in [-0.2, -0.15) is 0 Å². The summed E-state index contributed by atoms with van der Waals surface area (Å²) in [6.07, 6.45) is 5.29. The van der Waals surface area contributed by atoms with Crippen molar-refractivity contribution in [3.05, 3.63) is 65.1 Å². The van der Waals surface area contributed by atoms with Crippen molar-refractivity contribution in [1.29, 1.82) is 5.41 Å². The average Bonchev–Trinajstić information content (AvgIpc) is 3.09. The zero-order valence-corrected chi connectivity index (χ0v) is 20.4. The third kappa shape index (κ3) is 4.87. The van der Waals surface area contributed by atoms with E-state index < -0.39 is 29.7 Å². The van der Waals surface area contributed by atoms with Gasteiger partial charge in [0.15, 0.2) is 0 Å². The molecule has 0 radical (unpaired) electrons. The summed E-state index contributed by atoms with van der Waals surface area (Å²) in [7, 11) is 0. The molecule has 0 bridgehead atoms. The van der Waals surface area contributed by atoms with Crippen LogP contribution in [0, 0.1) is 18.3 Å². The molecule has 1 saturated carbocycles. The Balaban J connectivity index is 1.14. The number of fused-ring (bicyclic) bond motifs is 1. The minimum Gasteiger partial charge on any atom is -0.388 e. The highest BCUT2D eigenvalue weighted by molar-refractivity contribution is 6.23. The molecule has 1 aromatic heterocycles. The Hall–Kier alpha value is -4.34. The molecule has 2 aromatic rings. The molecule has 1 atom stereocenters. The van der Waals surface area contributed by atoms with Crippen LogP contribution in [-0.4, -0.2) is 58.4 Å². The molecule has 2 aliphatic heterocycles. The van der Waals surface area contributed by atoms with Gasteiger partial charge in [-0.3, -0.25) is 34.4 Å². The minimum absolute atomic E-state index is 0.0924. The van der Waals surface area contributed by atoms with Gasteiger partial charge in [0.25, 0.3) is 11.8 Å². The second-order valence-corrected chi connectivity index (χ2v) is 9.70. The predicted molar refractivity (Wildman–Crippen MR) is 137 cm³/mol. The molecule has 3 aliphatic rings. The molecular weight excluding hydrogens is 472 g/mol. The normalized spacial score (nSPS) is 23.3. The molecule has 1 aromatic carbocycles. The molecule has 0 spiro atoms. The number of allylic oxidation sites excluding steroid dienone is 1. The monoisotopic (exact) mass is 500 g/mol. The number of aromatic nitrogens is 1. The molecule has 1 saturated heterocycles. The number of imide groups is 2. The Morgan fingerprint density at radius 2 is 1.92 bits per heavy atom. The molecule has 1 unspecified atom stereocenters. The number of rotatable bonds is 8. The van der Waals surface area contributed by atoms with Gasteiger partial charge < -0.3 is 16.0 Å². The number of pyridine rings is 1. The first-order chi connectivity index (χ1) is 17.8. The topological polar surface area (TPSA) is 144 Å². The summed E-state index contributed by atoms with van der Waals surface area (Å²) in [4.78, 5) is 54.9. The Bertz CT molecular complexity index is 1330. The Labute approximate surface area is 214 Å². The van der Waals surface area contributed by atoms with Crippen LogP contribution in [0.2, 0.25) is 0 Å². The van der Waals surface area contributed by atoms with E-state index in [0.29, 0.717) is 12.0 Å². The fourth-order valence-corrected chi connectivity index (χ4v) is 4.98. The quantitative estimate of drug-likeness (QED) is 0.321. The Morgan fingerprint density at radius 1 is 1.14 bits per heavy atom. The molecule has 190 valence electrons. The Morgan fingerprint density at radius 3 is 2.65 bits per heavy atom. The number of benzene rings is 1. The number of carbonyl (C=O) groups excluding carboxylic acids is 4. The lowest BCUT2D eigenvalue weighted by Crippen LogP contribution is -2.54. The molecule has 2 fully saturated rings. The zero-order valence-electron chi connectivity index (χ0n) is 20.4. The number of carbonyl (C=O) groups is 4. The summed E-state index contributed by atoms with van der Waals surface area (Å²) in [5.74, 6) is -1.59. The van der Waals surface area contributed by atoms with Crippen LogP contribution in [0.4, 0.5) is 5.69 Å². The highest BCUT2D eigenvalue weighted by atomic mass is 16.2. The smallest absolute Gasteiger partial charge is 0.262 e. The van der Waals surface area contributed by atoms with Crippen molar-refractivity contribution in [3.8, 4) is 0 Å². The van der Waals surface area contributed by atoms with E-state index in [1.807, 2.05) is 31.3 Å². The zero-order chi connectivity index (χ0) is 26.1. The number of hydrogen-bond acceptors (Lipinski definition) is 8. The lowest BCUT2D eigenvalue weighted by atomic mass is 9.80. The van der Waals surface area contributed by atoms with Crippen molar-refractivity contribution in [3.63, 3.8) is 0 Å². The highest BCUT2D eigenvalue weighted by Crippen LogP contribution is 2.31. The van der Waals surface area contributed by atoms with E-state index >= 15 is 0 Å². The van der Waals surface area contributed by atoms with Gasteiger partial charge in [-0.1, -0.05) is 6.07 Å². The predicted octanol–water partition coefficient (Wildman–Crippen LogP) is 2.26. The summed E-state index contributed by atoms with van der Waals surface area (Å²) in [6, 6.07) is 10.1. The first kappa shape index (κ1) is 24.4. The molecular formula is C27H28N6O4. The van der Waals surface area contributed by atoms with Gasteiger partial charge in [-0.15, -0.1) is 0 Å². The molecule has 5 rings (SSSR count). The summed E-state index contributed by atoms with van der Waals surface area (Å²) < 4.78 is 0. The van der Waals surface area contributed by atoms with Crippen LogP contribution in [-0.2, 0) is 9.59 Å². The maximum absolute atomic E-state index is 13.0. The molecule has 3 heterocycles. The maximum Gasteiger partial charge on any atom is 0.262 e. The summed E-state index contributed by atoms with van der Waals surface area (Å²) in [5, 5.41) is 16.6. The van der Waals surface area contributed by atoms with Crippen molar-refractivity contribution in [2.45, 2.75) is 44.7 Å². The summed E-state index contributed by atoms with van der Waals surface area (Å²) in [5.41, 5.74) is 3.67. The van der Waals surface area contributed by atoms with Crippen LogP contribution in [0.5, 0.6) is 0 Å². The van der Waals surface area contributed by atoms with Crippen molar-refractivity contribution in [1.82, 2.24) is 20.5 Å². The molecule has 1 aliphatic carbocycles. The molecule has 10 heteroatoms. The van der Waals surface area contributed by atoms with Gasteiger partial charge >= 0.3 is 0 Å². The van der Waals surface area contributed by atoms with Gasteiger partial charge in [0.1, 0.15) is 6.04 Å². The second-order valence-electron chi connectivity index (χ2n) is 9.70. The van der Waals surface area contributed by atoms with Crippen molar-refractivity contribution >= 4 is 41.1 Å². The van der Waals surface area contributed by atoms with E-state index in [1.54, 1.807) is 18.2 Å². The fourth-order valence-electron chi connectivity index (χ4n) is 4.98. The SMILES string of the molecule is Cc1cccc(/C(C=N)=C/NC2CC(CNc3ccc4c(c3)C(=O)N(C3CCC(=O)NC3=O)C4=O)C2)n1. The largest absolute Gasteiger partial charge is 0.388 e. The highest BCUT2D eigenvalue weighted by Gasteiger charge is 2.44. The van der Waals surface area contributed by atoms with Gasteiger partial charge in [0.05, 0.1) is 16.8 Å². The molecule has 4 amide bonds. The van der Waals surface area contributed by atoms with Crippen molar-refractivity contribution in [2.75, 3.05) is 11.9 Å². The van der Waals surface area contributed by atoms with E-state index in [1.165, 1.54) is 6.21 Å². The molecule has 4 N–H and O–H groups in total. The second kappa shape index (κ2) is 9.96. The van der Waals surface area contributed by atoms with E-state index in [4.69, 9.17) is 5.41 Å². The number of hydrogen-bond donors (Lipinski definition) is 4. The standard InChI is InChI=1S/C27H28N6O4/c1-15-3-2-4-22(31-15)17(12-28)14-30-19-9-16(10-19)13-29-18-5-6-20-21(11-18)27(37)33(26(20)36)23-7-8-24(34)32-25(23)35/h2-6,11-12,14,16,19,23,28-30H,7-10,13H2,1H3,(H,32,34,35)/b17-14+,28-12?. The van der Waals surface area contributed by atoms with Gasteiger partial charge in [-0.05, 0) is 62.4 Å². The van der Waals surface area contributed by atoms with Crippen LogP contribution >= 0.6 is 0 Å². The minimum atomic E-state index is -0.968. The average molecular weight is 501 g/mol. The fraction of sp³-hybridized carbons (Fsp3) is 0.333. The summed E-state index contributed by atoms with van der Waals surface area (Å²) >= 11 is 0. The number of nitrogens with one attached hydrogen (secondary N) is 4. The van der Waals surface area contributed by atoms with Gasteiger partial charge in [0.2, 0.25) is 11.8 Å². The first-order valence-electron chi connectivity index (χ1n) is 12.3. The third-order valence-corrected chi connectivity index (χ3v) is 7.08. The maximum atomic E-state index is 13.0. The van der Waals surface area contributed by atoms with Crippen LogP contribution in [0.15, 0.2) is 42.6 Å². The van der Waals surface area contributed by atoms with Crippen LogP contribution in [0.1, 0.15) is 57.8 Å².